The van der Waals surface area contributed by atoms with Crippen molar-refractivity contribution in [1.82, 2.24) is 25.7 Å². The third kappa shape index (κ3) is 8.79. The number of aliphatic imine (C=N–C) groups is 1. The summed E-state index contributed by atoms with van der Waals surface area (Å²) < 4.78 is 7.32. The number of rotatable bonds is 9. The van der Waals surface area contributed by atoms with Crippen LogP contribution in [-0.4, -0.2) is 53.1 Å². The molecule has 8 nitrogen and oxygen atoms in total. The van der Waals surface area contributed by atoms with Crippen LogP contribution in [-0.2, 0) is 11.3 Å². The maximum Gasteiger partial charge on any atom is 0.408 e. The van der Waals surface area contributed by atoms with Crippen molar-refractivity contribution in [3.05, 3.63) is 18.5 Å². The van der Waals surface area contributed by atoms with E-state index in [1.807, 2.05) is 37.7 Å². The van der Waals surface area contributed by atoms with Crippen LogP contribution in [0.1, 0.15) is 53.9 Å². The topological polar surface area (TPSA) is 92.6 Å². The van der Waals surface area contributed by atoms with E-state index in [1.54, 1.807) is 13.2 Å². The maximum atomic E-state index is 12.2. The van der Waals surface area contributed by atoms with Crippen molar-refractivity contribution in [2.45, 2.75) is 71.6 Å². The molecular formula is C19H36N6O2. The van der Waals surface area contributed by atoms with Crippen molar-refractivity contribution in [3.8, 4) is 0 Å². The van der Waals surface area contributed by atoms with Crippen LogP contribution in [0.4, 0.5) is 4.79 Å². The molecule has 0 fully saturated rings. The molecule has 0 atom stereocenters. The zero-order chi connectivity index (χ0) is 20.3. The summed E-state index contributed by atoms with van der Waals surface area (Å²) in [5.74, 6) is 0.715. The molecule has 1 heterocycles. The van der Waals surface area contributed by atoms with E-state index in [1.165, 1.54) is 0 Å². The van der Waals surface area contributed by atoms with Gasteiger partial charge in [0.2, 0.25) is 0 Å². The largest absolute Gasteiger partial charge is 0.444 e. The molecule has 0 aliphatic carbocycles. The van der Waals surface area contributed by atoms with Crippen LogP contribution in [0.5, 0.6) is 0 Å². The first kappa shape index (κ1) is 22.8. The maximum absolute atomic E-state index is 12.2. The van der Waals surface area contributed by atoms with Crippen LogP contribution >= 0.6 is 0 Å². The Hall–Kier alpha value is -2.25. The Balaban J connectivity index is 2.48. The van der Waals surface area contributed by atoms with Gasteiger partial charge in [-0.05, 0) is 46.1 Å². The Morgan fingerprint density at radius 1 is 1.22 bits per heavy atom. The van der Waals surface area contributed by atoms with E-state index in [0.29, 0.717) is 12.5 Å². The second kappa shape index (κ2) is 10.8. The summed E-state index contributed by atoms with van der Waals surface area (Å²) in [6, 6.07) is 1.92. The fourth-order valence-electron chi connectivity index (χ4n) is 2.60. The minimum absolute atomic E-state index is 0.393. The molecule has 1 rings (SSSR count). The monoisotopic (exact) mass is 380 g/mol. The molecule has 3 N–H and O–H groups in total. The van der Waals surface area contributed by atoms with Crippen molar-refractivity contribution in [1.29, 1.82) is 0 Å². The lowest BCUT2D eigenvalue weighted by molar-refractivity contribution is 0.0448. The zero-order valence-corrected chi connectivity index (χ0v) is 17.6. The van der Waals surface area contributed by atoms with Crippen molar-refractivity contribution in [2.24, 2.45) is 4.99 Å². The SMILES string of the molecule is CCC(CC)(CNC(=NC)NCCCn1cccn1)NC(=O)OC(C)(C)C. The molecule has 0 unspecified atom stereocenters. The van der Waals surface area contributed by atoms with Crippen LogP contribution in [0.2, 0.25) is 0 Å². The molecule has 0 spiro atoms. The summed E-state index contributed by atoms with van der Waals surface area (Å²) in [4.78, 5) is 16.5. The summed E-state index contributed by atoms with van der Waals surface area (Å²) >= 11 is 0. The molecule has 0 radical (unpaired) electrons. The summed E-state index contributed by atoms with van der Waals surface area (Å²) in [5, 5.41) is 13.8. The number of amides is 1. The summed E-state index contributed by atoms with van der Waals surface area (Å²) in [5.41, 5.74) is -0.911. The van der Waals surface area contributed by atoms with Crippen LogP contribution in [0.15, 0.2) is 23.5 Å². The molecule has 154 valence electrons. The molecule has 0 saturated carbocycles. The highest BCUT2D eigenvalue weighted by atomic mass is 16.6. The highest BCUT2D eigenvalue weighted by molar-refractivity contribution is 5.79. The number of aromatic nitrogens is 2. The fourth-order valence-corrected chi connectivity index (χ4v) is 2.60. The number of carbonyl (C=O) groups is 1. The predicted octanol–water partition coefficient (Wildman–Crippen LogP) is 2.52. The van der Waals surface area contributed by atoms with E-state index in [2.05, 4.69) is 39.9 Å². The number of nitrogens with zero attached hydrogens (tertiary/aromatic N) is 3. The van der Waals surface area contributed by atoms with Gasteiger partial charge in [0.15, 0.2) is 5.96 Å². The summed E-state index contributed by atoms with van der Waals surface area (Å²) in [6.07, 6.45) is 5.84. The van der Waals surface area contributed by atoms with Gasteiger partial charge in [0.05, 0.1) is 5.54 Å². The second-order valence-corrected chi connectivity index (χ2v) is 7.59. The Morgan fingerprint density at radius 2 is 1.93 bits per heavy atom. The van der Waals surface area contributed by atoms with Gasteiger partial charge in [0.25, 0.3) is 0 Å². The van der Waals surface area contributed by atoms with Gasteiger partial charge in [-0.3, -0.25) is 9.67 Å². The third-order valence-corrected chi connectivity index (χ3v) is 4.35. The smallest absolute Gasteiger partial charge is 0.408 e. The Bertz CT molecular complexity index is 574. The number of nitrogens with one attached hydrogen (secondary N) is 3. The molecule has 0 aliphatic heterocycles. The number of guanidine groups is 1. The Morgan fingerprint density at radius 3 is 2.44 bits per heavy atom. The van der Waals surface area contributed by atoms with Gasteiger partial charge in [-0.25, -0.2) is 4.79 Å². The van der Waals surface area contributed by atoms with E-state index in [4.69, 9.17) is 4.74 Å². The van der Waals surface area contributed by atoms with E-state index in [9.17, 15) is 4.79 Å². The fraction of sp³-hybridized carbons (Fsp3) is 0.737. The molecule has 8 heteroatoms. The average molecular weight is 381 g/mol. The highest BCUT2D eigenvalue weighted by Crippen LogP contribution is 2.16. The lowest BCUT2D eigenvalue weighted by Gasteiger charge is -2.34. The average Bonchev–Trinajstić information content (AvgIpc) is 3.11. The Kier molecular flexibility index (Phi) is 9.11. The van der Waals surface area contributed by atoms with E-state index in [0.717, 1.165) is 32.4 Å². The van der Waals surface area contributed by atoms with Crippen molar-refractivity contribution in [3.63, 3.8) is 0 Å². The van der Waals surface area contributed by atoms with Crippen LogP contribution in [0.25, 0.3) is 0 Å². The third-order valence-electron chi connectivity index (χ3n) is 4.35. The van der Waals surface area contributed by atoms with Crippen molar-refractivity contribution < 1.29 is 9.53 Å². The summed E-state index contributed by atoms with van der Waals surface area (Å²) in [6.45, 7) is 11.9. The number of hydrogen-bond donors (Lipinski definition) is 3. The molecule has 0 saturated heterocycles. The molecule has 1 aromatic rings. The zero-order valence-electron chi connectivity index (χ0n) is 17.6. The molecule has 0 aliphatic rings. The first-order chi connectivity index (χ1) is 12.7. The minimum Gasteiger partial charge on any atom is -0.444 e. The van der Waals surface area contributed by atoms with Crippen molar-refractivity contribution >= 4 is 12.1 Å². The number of alkyl carbamates (subject to hydrolysis) is 1. The van der Waals surface area contributed by atoms with Gasteiger partial charge in [-0.2, -0.15) is 5.10 Å². The first-order valence-corrected chi connectivity index (χ1v) is 9.66. The van der Waals surface area contributed by atoms with Crippen LogP contribution in [0, 0.1) is 0 Å². The van der Waals surface area contributed by atoms with Gasteiger partial charge >= 0.3 is 6.09 Å². The Labute approximate surface area is 163 Å². The van der Waals surface area contributed by atoms with Crippen LogP contribution < -0.4 is 16.0 Å². The van der Waals surface area contributed by atoms with Gasteiger partial charge in [-0.15, -0.1) is 0 Å². The molecule has 27 heavy (non-hydrogen) atoms. The van der Waals surface area contributed by atoms with Gasteiger partial charge in [0, 0.05) is 39.1 Å². The number of ether oxygens (including phenoxy) is 1. The second-order valence-electron chi connectivity index (χ2n) is 7.59. The molecule has 1 aromatic heterocycles. The quantitative estimate of drug-likeness (QED) is 0.348. The number of aryl methyl sites for hydroxylation is 1. The van der Waals surface area contributed by atoms with Gasteiger partial charge in [-0.1, -0.05) is 13.8 Å². The molecule has 0 aromatic carbocycles. The molecule has 0 bridgehead atoms. The van der Waals surface area contributed by atoms with E-state index in [-0.39, 0.29) is 0 Å². The minimum atomic E-state index is -0.517. The van der Waals surface area contributed by atoms with Gasteiger partial charge < -0.3 is 20.7 Å². The lowest BCUT2D eigenvalue weighted by Crippen LogP contribution is -2.57. The first-order valence-electron chi connectivity index (χ1n) is 9.66. The molecular weight excluding hydrogens is 344 g/mol. The number of carbonyl (C=O) groups excluding carboxylic acids is 1. The predicted molar refractivity (Wildman–Crippen MR) is 109 cm³/mol. The summed E-state index contributed by atoms with van der Waals surface area (Å²) in [7, 11) is 1.74. The van der Waals surface area contributed by atoms with Crippen molar-refractivity contribution in [2.75, 3.05) is 20.1 Å². The lowest BCUT2D eigenvalue weighted by atomic mass is 9.93. The standard InChI is InChI=1S/C19H36N6O2/c1-7-19(8-2,24-17(26)27-18(3,4)5)15-22-16(20-6)21-11-9-13-25-14-10-12-23-25/h10,12,14H,7-9,11,13,15H2,1-6H3,(H,24,26)(H2,20,21,22). The van der Waals surface area contributed by atoms with E-state index < -0.39 is 17.2 Å². The highest BCUT2D eigenvalue weighted by Gasteiger charge is 2.30. The number of hydrogen-bond acceptors (Lipinski definition) is 4. The van der Waals surface area contributed by atoms with Gasteiger partial charge in [0.1, 0.15) is 5.60 Å². The van der Waals surface area contributed by atoms with E-state index >= 15 is 0 Å². The molecule has 1 amide bonds. The normalized spacial score (nSPS) is 12.6. The van der Waals surface area contributed by atoms with Crippen LogP contribution in [0.3, 0.4) is 0 Å².